The van der Waals surface area contributed by atoms with Crippen LogP contribution in [0.5, 0.6) is 0 Å². The SMILES string of the molecule is CC1(C)c2ccccc2-c2c1cc(-c1ccccc1)c1c2P(c2ccccc2)c2ccc(-c3cccc4c3sc3ccccc34)cc2N1c1ccccc1. The lowest BCUT2D eigenvalue weighted by Crippen LogP contribution is -2.36. The van der Waals surface area contributed by atoms with Crippen molar-refractivity contribution in [2.24, 2.45) is 0 Å². The lowest BCUT2D eigenvalue weighted by Gasteiger charge is -2.41. The lowest BCUT2D eigenvalue weighted by atomic mass is 9.81. The van der Waals surface area contributed by atoms with E-state index in [4.69, 9.17) is 0 Å². The third-order valence-corrected chi connectivity index (χ3v) is 15.3. The number of nitrogens with zero attached hydrogens (tertiary/aromatic N) is 1. The Morgan fingerprint density at radius 3 is 2.00 bits per heavy atom. The van der Waals surface area contributed by atoms with Crippen molar-refractivity contribution in [1.29, 1.82) is 0 Å². The van der Waals surface area contributed by atoms with Crippen molar-refractivity contribution in [1.82, 2.24) is 0 Å². The number of anilines is 3. The highest BCUT2D eigenvalue weighted by atomic mass is 32.1. The molecule has 0 saturated heterocycles. The van der Waals surface area contributed by atoms with Crippen molar-refractivity contribution in [3.05, 3.63) is 193 Å². The molecule has 1 aromatic heterocycles. The zero-order valence-electron chi connectivity index (χ0n) is 30.1. The van der Waals surface area contributed by atoms with Gasteiger partial charge in [-0.25, -0.2) is 0 Å². The molecule has 0 fully saturated rings. The largest absolute Gasteiger partial charge is 0.308 e. The molecule has 0 amide bonds. The summed E-state index contributed by atoms with van der Waals surface area (Å²) in [5.41, 5.74) is 14.2. The van der Waals surface area contributed by atoms with E-state index in [-0.39, 0.29) is 5.41 Å². The molecule has 54 heavy (non-hydrogen) atoms. The van der Waals surface area contributed by atoms with Gasteiger partial charge in [-0.1, -0.05) is 166 Å². The highest BCUT2D eigenvalue weighted by molar-refractivity contribution is 7.80. The van der Waals surface area contributed by atoms with E-state index >= 15 is 0 Å². The predicted molar refractivity (Wildman–Crippen MR) is 235 cm³/mol. The minimum atomic E-state index is -0.962. The number of thiophene rings is 1. The molecule has 11 rings (SSSR count). The van der Waals surface area contributed by atoms with Gasteiger partial charge in [0.05, 0.1) is 11.4 Å². The molecule has 1 aliphatic carbocycles. The van der Waals surface area contributed by atoms with E-state index in [0.717, 1.165) is 0 Å². The molecular formula is C51H36NPS. The monoisotopic (exact) mass is 725 g/mol. The van der Waals surface area contributed by atoms with Gasteiger partial charge in [-0.15, -0.1) is 11.3 Å². The van der Waals surface area contributed by atoms with Gasteiger partial charge in [0.1, 0.15) is 0 Å². The summed E-state index contributed by atoms with van der Waals surface area (Å²) in [7, 11) is -0.962. The maximum atomic E-state index is 2.59. The zero-order chi connectivity index (χ0) is 36.0. The minimum Gasteiger partial charge on any atom is -0.308 e. The third-order valence-electron chi connectivity index (χ3n) is 11.6. The fraction of sp³-hybridized carbons (Fsp3) is 0.0588. The topological polar surface area (TPSA) is 3.24 Å². The van der Waals surface area contributed by atoms with Crippen molar-refractivity contribution in [3.8, 4) is 33.4 Å². The molecule has 0 bridgehead atoms. The van der Waals surface area contributed by atoms with Crippen LogP contribution in [-0.4, -0.2) is 0 Å². The number of para-hydroxylation sites is 1. The van der Waals surface area contributed by atoms with Gasteiger partial charge in [0.2, 0.25) is 0 Å². The molecule has 0 saturated carbocycles. The molecule has 1 atom stereocenters. The number of hydrogen-bond donors (Lipinski definition) is 0. The van der Waals surface area contributed by atoms with Crippen LogP contribution in [0.1, 0.15) is 25.0 Å². The molecule has 0 spiro atoms. The van der Waals surface area contributed by atoms with E-state index in [2.05, 4.69) is 201 Å². The Morgan fingerprint density at radius 1 is 0.519 bits per heavy atom. The summed E-state index contributed by atoms with van der Waals surface area (Å²) in [4.78, 5) is 2.59. The van der Waals surface area contributed by atoms with Crippen molar-refractivity contribution < 1.29 is 0 Å². The fourth-order valence-electron chi connectivity index (χ4n) is 9.06. The van der Waals surface area contributed by atoms with Crippen LogP contribution >= 0.6 is 19.3 Å². The van der Waals surface area contributed by atoms with Crippen molar-refractivity contribution in [2.45, 2.75) is 19.3 Å². The minimum absolute atomic E-state index is 0.146. The number of rotatable bonds is 4. The normalized spacial score (nSPS) is 15.1. The maximum absolute atomic E-state index is 2.59. The summed E-state index contributed by atoms with van der Waals surface area (Å²) >= 11 is 1.90. The average molecular weight is 726 g/mol. The second-order valence-corrected chi connectivity index (χ2v) is 18.1. The third kappa shape index (κ3) is 4.61. The van der Waals surface area contributed by atoms with Crippen LogP contribution in [0.3, 0.4) is 0 Å². The van der Waals surface area contributed by atoms with Crippen LogP contribution in [0, 0.1) is 0 Å². The molecule has 256 valence electrons. The molecular weight excluding hydrogens is 690 g/mol. The first-order valence-corrected chi connectivity index (χ1v) is 20.9. The van der Waals surface area contributed by atoms with Crippen LogP contribution in [0.25, 0.3) is 53.6 Å². The van der Waals surface area contributed by atoms with Crippen molar-refractivity contribution in [3.63, 3.8) is 0 Å². The Kier molecular flexibility index (Phi) is 7.12. The van der Waals surface area contributed by atoms with Crippen LogP contribution in [0.4, 0.5) is 17.1 Å². The van der Waals surface area contributed by atoms with Gasteiger partial charge in [0.15, 0.2) is 0 Å². The van der Waals surface area contributed by atoms with E-state index in [1.807, 2.05) is 11.3 Å². The van der Waals surface area contributed by atoms with Crippen molar-refractivity contribution in [2.75, 3.05) is 4.90 Å². The van der Waals surface area contributed by atoms with Crippen LogP contribution in [0.15, 0.2) is 182 Å². The van der Waals surface area contributed by atoms with Crippen LogP contribution in [-0.2, 0) is 5.41 Å². The van der Waals surface area contributed by atoms with Gasteiger partial charge in [-0.05, 0) is 82.5 Å². The summed E-state index contributed by atoms with van der Waals surface area (Å²) in [5.74, 6) is 0. The van der Waals surface area contributed by atoms with Gasteiger partial charge in [-0.2, -0.15) is 0 Å². The van der Waals surface area contributed by atoms with Gasteiger partial charge in [0, 0.05) is 47.4 Å². The first kappa shape index (κ1) is 31.7. The summed E-state index contributed by atoms with van der Waals surface area (Å²) in [6.07, 6.45) is 0. The number of hydrogen-bond acceptors (Lipinski definition) is 2. The Labute approximate surface area is 321 Å². The van der Waals surface area contributed by atoms with Gasteiger partial charge < -0.3 is 4.90 Å². The second-order valence-electron chi connectivity index (χ2n) is 14.9. The molecule has 8 aromatic carbocycles. The first-order chi connectivity index (χ1) is 26.6. The Balaban J connectivity index is 1.28. The average Bonchev–Trinajstić information content (AvgIpc) is 3.72. The van der Waals surface area contributed by atoms with Gasteiger partial charge in [-0.3, -0.25) is 0 Å². The molecule has 1 aliphatic heterocycles. The number of fused-ring (bicyclic) bond motifs is 9. The summed E-state index contributed by atoms with van der Waals surface area (Å²) < 4.78 is 2.67. The van der Waals surface area contributed by atoms with E-state index in [1.165, 1.54) is 97.7 Å². The fourth-order valence-corrected chi connectivity index (χ4v) is 13.1. The lowest BCUT2D eigenvalue weighted by molar-refractivity contribution is 0.661. The molecule has 1 unspecified atom stereocenters. The van der Waals surface area contributed by atoms with Gasteiger partial charge >= 0.3 is 0 Å². The van der Waals surface area contributed by atoms with Crippen LogP contribution in [0.2, 0.25) is 0 Å². The quantitative estimate of drug-likeness (QED) is 0.163. The zero-order valence-corrected chi connectivity index (χ0v) is 31.8. The molecule has 2 aliphatic rings. The molecule has 1 nitrogen and oxygen atoms in total. The first-order valence-electron chi connectivity index (χ1n) is 18.7. The highest BCUT2D eigenvalue weighted by Crippen LogP contribution is 2.59. The van der Waals surface area contributed by atoms with Crippen LogP contribution < -0.4 is 20.8 Å². The Morgan fingerprint density at radius 2 is 1.19 bits per heavy atom. The summed E-state index contributed by atoms with van der Waals surface area (Å²) in [5, 5.41) is 6.85. The molecule has 0 radical (unpaired) electrons. The predicted octanol–water partition coefficient (Wildman–Crippen LogP) is 13.2. The summed E-state index contributed by atoms with van der Waals surface area (Å²) in [6.45, 7) is 4.83. The maximum Gasteiger partial charge on any atom is 0.0630 e. The Hall–Kier alpha value is -5.79. The van der Waals surface area contributed by atoms with E-state index in [9.17, 15) is 0 Å². The van der Waals surface area contributed by atoms with E-state index in [1.54, 1.807) is 0 Å². The Bertz CT molecular complexity index is 2910. The standard InChI is InChI=1S/C51H36NPS/c1-51(2)42-27-14-12-24-40(42)47-43(51)32-41(33-17-6-3-7-18-33)48-49(47)53(36-21-10-5-11-22-36)45-30-29-34(31-44(45)52(48)35-19-8-4-9-20-35)37-25-16-26-39-38-23-13-15-28-46(38)54-50(37)39/h3-32H,1-2H3. The van der Waals surface area contributed by atoms with Gasteiger partial charge in [0.25, 0.3) is 0 Å². The number of benzene rings is 8. The molecule has 0 N–H and O–H groups in total. The smallest absolute Gasteiger partial charge is 0.0630 e. The molecule has 9 aromatic rings. The summed E-state index contributed by atoms with van der Waals surface area (Å²) in [6, 6.07) is 68.1. The molecule has 3 heteroatoms. The second kappa shape index (κ2) is 12.1. The van der Waals surface area contributed by atoms with E-state index in [0.29, 0.717) is 0 Å². The molecule has 2 heterocycles. The van der Waals surface area contributed by atoms with Crippen molar-refractivity contribution >= 4 is 72.4 Å². The van der Waals surface area contributed by atoms with E-state index < -0.39 is 7.92 Å². The highest BCUT2D eigenvalue weighted by Gasteiger charge is 2.44.